The summed E-state index contributed by atoms with van der Waals surface area (Å²) < 4.78 is 16.6. The highest BCUT2D eigenvalue weighted by molar-refractivity contribution is 5.94. The number of hydrogen-bond acceptors (Lipinski definition) is 6. The van der Waals surface area contributed by atoms with Gasteiger partial charge in [-0.2, -0.15) is 5.26 Å². The summed E-state index contributed by atoms with van der Waals surface area (Å²) >= 11 is 0. The van der Waals surface area contributed by atoms with Crippen LogP contribution in [0.4, 0.5) is 0 Å². The van der Waals surface area contributed by atoms with E-state index < -0.39 is 18.2 Å². The van der Waals surface area contributed by atoms with Crippen LogP contribution in [0, 0.1) is 17.2 Å². The Morgan fingerprint density at radius 3 is 2.82 bits per heavy atom. The average molecular weight is 385 g/mol. The van der Waals surface area contributed by atoms with Crippen molar-refractivity contribution in [2.45, 2.75) is 58.2 Å². The third-order valence-electron chi connectivity index (χ3n) is 4.85. The number of nitrogens with zero attached hydrogens (tertiary/aromatic N) is 1. The Morgan fingerprint density at radius 1 is 1.36 bits per heavy atom. The van der Waals surface area contributed by atoms with Crippen molar-refractivity contribution in [2.75, 3.05) is 7.11 Å². The van der Waals surface area contributed by atoms with Gasteiger partial charge in [0.05, 0.1) is 13.2 Å². The number of hydrogen-bond donors (Lipinski definition) is 0. The van der Waals surface area contributed by atoms with Gasteiger partial charge in [0, 0.05) is 19.8 Å². The summed E-state index contributed by atoms with van der Waals surface area (Å²) in [4.78, 5) is 24.5. The fourth-order valence-corrected chi connectivity index (χ4v) is 3.35. The first-order valence-corrected chi connectivity index (χ1v) is 9.52. The highest BCUT2D eigenvalue weighted by atomic mass is 16.6. The lowest BCUT2D eigenvalue weighted by molar-refractivity contribution is -0.150. The number of rotatable bonds is 4. The maximum absolute atomic E-state index is 13.0. The lowest BCUT2D eigenvalue weighted by Gasteiger charge is -2.28. The van der Waals surface area contributed by atoms with Crippen molar-refractivity contribution < 1.29 is 23.8 Å². The Labute approximate surface area is 166 Å². The molecule has 1 aromatic carbocycles. The van der Waals surface area contributed by atoms with Gasteiger partial charge < -0.3 is 14.2 Å². The third-order valence-corrected chi connectivity index (χ3v) is 4.85. The molecule has 2 rings (SSSR count). The molecular formula is C22H27NO5. The van der Waals surface area contributed by atoms with Gasteiger partial charge in [-0.15, -0.1) is 0 Å². The zero-order chi connectivity index (χ0) is 20.5. The molecule has 0 amide bonds. The van der Waals surface area contributed by atoms with Crippen molar-refractivity contribution in [3.63, 3.8) is 0 Å². The van der Waals surface area contributed by atoms with Crippen LogP contribution in [0.3, 0.4) is 0 Å². The van der Waals surface area contributed by atoms with E-state index in [0.29, 0.717) is 30.6 Å². The molecule has 150 valence electrons. The lowest BCUT2D eigenvalue weighted by Crippen LogP contribution is -2.31. The van der Waals surface area contributed by atoms with Crippen LogP contribution in [0.15, 0.2) is 30.4 Å². The van der Waals surface area contributed by atoms with E-state index in [1.165, 1.54) is 14.0 Å². The first kappa shape index (κ1) is 21.5. The second-order valence-corrected chi connectivity index (χ2v) is 6.99. The van der Waals surface area contributed by atoms with Gasteiger partial charge >= 0.3 is 11.9 Å². The SMILES string of the molecule is COc1cccc2c1C(=O)O[C@@H](CCC#N)CC(OC(C)=O)[C@@H](C)C/C=C/C2. The molecule has 28 heavy (non-hydrogen) atoms. The van der Waals surface area contributed by atoms with Crippen molar-refractivity contribution in [3.05, 3.63) is 41.5 Å². The van der Waals surface area contributed by atoms with Gasteiger partial charge in [0.25, 0.3) is 0 Å². The largest absolute Gasteiger partial charge is 0.496 e. The number of ether oxygens (including phenoxy) is 3. The number of benzene rings is 1. The second-order valence-electron chi connectivity index (χ2n) is 6.99. The summed E-state index contributed by atoms with van der Waals surface area (Å²) in [6.45, 7) is 3.37. The summed E-state index contributed by atoms with van der Waals surface area (Å²) in [6, 6.07) is 7.54. The molecule has 0 N–H and O–H groups in total. The Hall–Kier alpha value is -2.81. The zero-order valence-electron chi connectivity index (χ0n) is 16.6. The van der Waals surface area contributed by atoms with Gasteiger partial charge in [0.1, 0.15) is 23.5 Å². The van der Waals surface area contributed by atoms with Crippen LogP contribution in [0.2, 0.25) is 0 Å². The molecule has 1 aromatic rings. The lowest BCUT2D eigenvalue weighted by atomic mass is 9.93. The number of fused-ring (bicyclic) bond motifs is 1. The number of methoxy groups -OCH3 is 1. The molecule has 0 radical (unpaired) electrons. The van der Waals surface area contributed by atoms with Gasteiger partial charge in [0.2, 0.25) is 0 Å². The highest BCUT2D eigenvalue weighted by Gasteiger charge is 2.28. The molecule has 1 aliphatic heterocycles. The van der Waals surface area contributed by atoms with Crippen molar-refractivity contribution in [3.8, 4) is 11.8 Å². The van der Waals surface area contributed by atoms with Crippen molar-refractivity contribution in [1.82, 2.24) is 0 Å². The van der Waals surface area contributed by atoms with E-state index in [0.717, 1.165) is 12.0 Å². The van der Waals surface area contributed by atoms with E-state index in [1.807, 2.05) is 31.2 Å². The molecule has 6 heteroatoms. The Bertz CT molecular complexity index is 765. The standard InChI is InChI=1S/C22H27NO5/c1-15-8-4-5-9-17-10-6-12-19(26-3)21(17)22(25)28-18(11-7-13-23)14-20(15)27-16(2)24/h4-6,10,12,15,18,20H,7-9,11,14H2,1-3H3/b5-4+/t15-,18-,20?/m0/s1. The number of carbonyl (C=O) groups excluding carboxylic acids is 2. The van der Waals surface area contributed by atoms with E-state index in [4.69, 9.17) is 19.5 Å². The van der Waals surface area contributed by atoms with Crippen molar-refractivity contribution in [1.29, 1.82) is 5.26 Å². The Balaban J connectivity index is 2.40. The fraction of sp³-hybridized carbons (Fsp3) is 0.500. The highest BCUT2D eigenvalue weighted by Crippen LogP contribution is 2.28. The van der Waals surface area contributed by atoms with Crippen LogP contribution in [0.25, 0.3) is 0 Å². The molecule has 0 aliphatic carbocycles. The summed E-state index contributed by atoms with van der Waals surface area (Å²) in [5.41, 5.74) is 1.22. The minimum absolute atomic E-state index is 0.0626. The normalized spacial score (nSPS) is 23.8. The summed E-state index contributed by atoms with van der Waals surface area (Å²) in [6.07, 6.45) is 5.40. The number of esters is 2. The minimum Gasteiger partial charge on any atom is -0.496 e. The molecule has 0 aromatic heterocycles. The average Bonchev–Trinajstić information content (AvgIpc) is 2.66. The molecule has 6 nitrogen and oxygen atoms in total. The van der Waals surface area contributed by atoms with Crippen LogP contribution in [0.1, 0.15) is 55.5 Å². The number of carbonyl (C=O) groups is 2. The monoisotopic (exact) mass is 385 g/mol. The van der Waals surface area contributed by atoms with E-state index in [9.17, 15) is 9.59 Å². The number of nitriles is 1. The van der Waals surface area contributed by atoms with Gasteiger partial charge in [-0.25, -0.2) is 4.79 Å². The predicted octanol–water partition coefficient (Wildman–Crippen LogP) is 3.98. The Kier molecular flexibility index (Phi) is 8.06. The molecule has 1 heterocycles. The van der Waals surface area contributed by atoms with E-state index in [-0.39, 0.29) is 18.3 Å². The smallest absolute Gasteiger partial charge is 0.342 e. The van der Waals surface area contributed by atoms with E-state index >= 15 is 0 Å². The van der Waals surface area contributed by atoms with Crippen LogP contribution in [-0.4, -0.2) is 31.3 Å². The Morgan fingerprint density at radius 2 is 2.14 bits per heavy atom. The molecule has 3 atom stereocenters. The van der Waals surface area contributed by atoms with Gasteiger partial charge in [-0.05, 0) is 36.8 Å². The molecule has 0 saturated heterocycles. The molecule has 0 saturated carbocycles. The summed E-state index contributed by atoms with van der Waals surface area (Å²) in [7, 11) is 1.51. The van der Waals surface area contributed by atoms with Crippen LogP contribution in [0.5, 0.6) is 5.75 Å². The molecule has 0 spiro atoms. The van der Waals surface area contributed by atoms with Crippen LogP contribution >= 0.6 is 0 Å². The summed E-state index contributed by atoms with van der Waals surface area (Å²) in [5.74, 6) is -0.339. The second kappa shape index (κ2) is 10.5. The summed E-state index contributed by atoms with van der Waals surface area (Å²) in [5, 5.41) is 8.97. The minimum atomic E-state index is -0.528. The predicted molar refractivity (Wildman–Crippen MR) is 104 cm³/mol. The van der Waals surface area contributed by atoms with Crippen molar-refractivity contribution in [2.24, 2.45) is 5.92 Å². The fourth-order valence-electron chi connectivity index (χ4n) is 3.35. The first-order valence-electron chi connectivity index (χ1n) is 9.52. The number of cyclic esters (lactones) is 1. The molecule has 1 aliphatic rings. The van der Waals surface area contributed by atoms with Crippen LogP contribution < -0.4 is 4.74 Å². The molecule has 1 unspecified atom stereocenters. The third kappa shape index (κ3) is 5.85. The molecular weight excluding hydrogens is 358 g/mol. The maximum Gasteiger partial charge on any atom is 0.342 e. The van der Waals surface area contributed by atoms with Gasteiger partial charge in [0.15, 0.2) is 0 Å². The maximum atomic E-state index is 13.0. The van der Waals surface area contributed by atoms with E-state index in [2.05, 4.69) is 6.07 Å². The van der Waals surface area contributed by atoms with Crippen LogP contribution in [-0.2, 0) is 20.7 Å². The molecule has 0 fully saturated rings. The quantitative estimate of drug-likeness (QED) is 0.575. The van der Waals surface area contributed by atoms with E-state index in [1.54, 1.807) is 6.07 Å². The zero-order valence-corrected chi connectivity index (χ0v) is 16.6. The number of allylic oxidation sites excluding steroid dienone is 2. The van der Waals surface area contributed by atoms with Gasteiger partial charge in [-0.3, -0.25) is 4.79 Å². The van der Waals surface area contributed by atoms with Crippen molar-refractivity contribution >= 4 is 11.9 Å². The van der Waals surface area contributed by atoms with Gasteiger partial charge in [-0.1, -0.05) is 31.2 Å². The molecule has 0 bridgehead atoms. The topological polar surface area (TPSA) is 85.6 Å². The first-order chi connectivity index (χ1) is 13.5.